The van der Waals surface area contributed by atoms with Crippen molar-refractivity contribution in [2.24, 2.45) is 5.92 Å². The summed E-state index contributed by atoms with van der Waals surface area (Å²) in [6, 6.07) is 5.47. The van der Waals surface area contributed by atoms with Crippen LogP contribution in [0.25, 0.3) is 0 Å². The minimum Gasteiger partial charge on any atom is -0.315 e. The van der Waals surface area contributed by atoms with E-state index in [4.69, 9.17) is 0 Å². The first-order valence-corrected chi connectivity index (χ1v) is 6.99. The Kier molecular flexibility index (Phi) is 6.14. The lowest BCUT2D eigenvalue weighted by molar-refractivity contribution is 0.425. The number of hydrogen-bond acceptors (Lipinski definition) is 1. The van der Waals surface area contributed by atoms with E-state index < -0.39 is 0 Å². The molecule has 0 aliphatic carbocycles. The van der Waals surface area contributed by atoms with E-state index >= 15 is 0 Å². The molecule has 17 heavy (non-hydrogen) atoms. The molecule has 1 nitrogen and oxygen atoms in total. The lowest BCUT2D eigenvalue weighted by atomic mass is 9.95. The Bertz CT molecular complexity index is 354. The molecule has 0 bridgehead atoms. The number of nitrogens with one attached hydrogen (secondary N) is 1. The molecule has 1 aromatic rings. The first kappa shape index (κ1) is 14.7. The second-order valence-corrected chi connectivity index (χ2v) is 5.59. The van der Waals surface area contributed by atoms with E-state index in [0.29, 0.717) is 12.0 Å². The van der Waals surface area contributed by atoms with Crippen LogP contribution in [0.4, 0.5) is 4.39 Å². The number of rotatable bonds is 6. The van der Waals surface area contributed by atoms with Gasteiger partial charge < -0.3 is 5.32 Å². The van der Waals surface area contributed by atoms with Crippen LogP contribution in [0.3, 0.4) is 0 Å². The van der Waals surface area contributed by atoms with E-state index in [0.717, 1.165) is 23.9 Å². The van der Waals surface area contributed by atoms with Gasteiger partial charge in [-0.1, -0.05) is 35.8 Å². The summed E-state index contributed by atoms with van der Waals surface area (Å²) in [5.74, 6) is 0.403. The van der Waals surface area contributed by atoms with Crippen molar-refractivity contribution in [3.63, 3.8) is 0 Å². The first-order valence-electron chi connectivity index (χ1n) is 6.20. The van der Waals surface area contributed by atoms with Gasteiger partial charge in [0, 0.05) is 10.5 Å². The van der Waals surface area contributed by atoms with Crippen LogP contribution < -0.4 is 5.32 Å². The van der Waals surface area contributed by atoms with Gasteiger partial charge in [0.25, 0.3) is 0 Å². The van der Waals surface area contributed by atoms with Crippen LogP contribution in [0.5, 0.6) is 0 Å². The van der Waals surface area contributed by atoms with Crippen molar-refractivity contribution in [3.05, 3.63) is 34.1 Å². The fraction of sp³-hybridized carbons (Fsp3) is 0.571. The molecule has 0 fully saturated rings. The lowest BCUT2D eigenvalue weighted by Gasteiger charge is -2.18. The van der Waals surface area contributed by atoms with E-state index in [1.54, 1.807) is 0 Å². The highest BCUT2D eigenvalue weighted by Gasteiger charge is 2.10. The zero-order valence-electron chi connectivity index (χ0n) is 10.8. The third-order valence-electron chi connectivity index (χ3n) is 2.89. The molecule has 96 valence electrons. The molecule has 0 heterocycles. The van der Waals surface area contributed by atoms with Gasteiger partial charge in [-0.15, -0.1) is 0 Å². The molecule has 2 atom stereocenters. The van der Waals surface area contributed by atoms with Gasteiger partial charge in [0.15, 0.2) is 0 Å². The highest BCUT2D eigenvalue weighted by atomic mass is 79.9. The van der Waals surface area contributed by atoms with Crippen LogP contribution in [0.1, 0.15) is 32.8 Å². The normalized spacial score (nSPS) is 14.6. The molecule has 0 radical (unpaired) electrons. The summed E-state index contributed by atoms with van der Waals surface area (Å²) in [4.78, 5) is 0. The maximum absolute atomic E-state index is 13.0. The molecule has 0 amide bonds. The van der Waals surface area contributed by atoms with Crippen LogP contribution in [-0.2, 0) is 6.42 Å². The van der Waals surface area contributed by atoms with Crippen LogP contribution in [0.15, 0.2) is 22.7 Å². The van der Waals surface area contributed by atoms with Crippen molar-refractivity contribution in [2.75, 3.05) is 6.54 Å². The van der Waals surface area contributed by atoms with E-state index in [1.807, 2.05) is 6.07 Å². The minimum atomic E-state index is -0.186. The molecule has 0 aromatic heterocycles. The Labute approximate surface area is 112 Å². The van der Waals surface area contributed by atoms with Crippen molar-refractivity contribution >= 4 is 15.9 Å². The van der Waals surface area contributed by atoms with E-state index in [2.05, 4.69) is 42.0 Å². The van der Waals surface area contributed by atoms with Gasteiger partial charge in [-0.2, -0.15) is 0 Å². The van der Waals surface area contributed by atoms with E-state index in [9.17, 15) is 4.39 Å². The fourth-order valence-electron chi connectivity index (χ4n) is 2.18. The highest BCUT2D eigenvalue weighted by Crippen LogP contribution is 2.22. The Morgan fingerprint density at radius 1 is 1.35 bits per heavy atom. The van der Waals surface area contributed by atoms with Crippen molar-refractivity contribution in [2.45, 2.75) is 39.7 Å². The minimum absolute atomic E-state index is 0.186. The van der Waals surface area contributed by atoms with Gasteiger partial charge in [0.2, 0.25) is 0 Å². The summed E-state index contributed by atoms with van der Waals surface area (Å²) in [6.45, 7) is 7.58. The molecule has 0 spiro atoms. The van der Waals surface area contributed by atoms with Crippen LogP contribution in [0, 0.1) is 11.7 Å². The predicted octanol–water partition coefficient (Wildman–Crippen LogP) is 4.15. The Balaban J connectivity index is 2.52. The predicted molar refractivity (Wildman–Crippen MR) is 74.7 cm³/mol. The SMILES string of the molecule is CCNC(C)CC(C)Cc1ccc(F)cc1Br. The van der Waals surface area contributed by atoms with Crippen LogP contribution in [-0.4, -0.2) is 12.6 Å². The molecule has 1 aromatic carbocycles. The van der Waals surface area contributed by atoms with E-state index in [1.165, 1.54) is 17.7 Å². The van der Waals surface area contributed by atoms with Crippen LogP contribution >= 0.6 is 15.9 Å². The maximum atomic E-state index is 13.0. The average molecular weight is 302 g/mol. The first-order chi connectivity index (χ1) is 8.02. The zero-order valence-corrected chi connectivity index (χ0v) is 12.3. The van der Waals surface area contributed by atoms with Gasteiger partial charge in [-0.3, -0.25) is 0 Å². The van der Waals surface area contributed by atoms with Crippen molar-refractivity contribution in [1.29, 1.82) is 0 Å². The zero-order chi connectivity index (χ0) is 12.8. The highest BCUT2D eigenvalue weighted by molar-refractivity contribution is 9.10. The lowest BCUT2D eigenvalue weighted by Crippen LogP contribution is -2.27. The molecule has 1 N–H and O–H groups in total. The Morgan fingerprint density at radius 2 is 2.06 bits per heavy atom. The summed E-state index contributed by atoms with van der Waals surface area (Å²) < 4.78 is 13.8. The van der Waals surface area contributed by atoms with Gasteiger partial charge in [-0.05, 0) is 49.9 Å². The number of halogens is 2. The van der Waals surface area contributed by atoms with Crippen molar-refractivity contribution < 1.29 is 4.39 Å². The van der Waals surface area contributed by atoms with Gasteiger partial charge >= 0.3 is 0 Å². The molecule has 3 heteroatoms. The Morgan fingerprint density at radius 3 is 2.65 bits per heavy atom. The maximum Gasteiger partial charge on any atom is 0.124 e. The largest absolute Gasteiger partial charge is 0.315 e. The molecule has 0 aliphatic rings. The molecular formula is C14H21BrFN. The standard InChI is InChI=1S/C14H21BrFN/c1-4-17-11(3)7-10(2)8-12-5-6-13(16)9-14(12)15/h5-6,9-11,17H,4,7-8H2,1-3H3. The second-order valence-electron chi connectivity index (χ2n) is 4.74. The summed E-state index contributed by atoms with van der Waals surface area (Å²) in [5.41, 5.74) is 1.18. The quantitative estimate of drug-likeness (QED) is 0.832. The van der Waals surface area contributed by atoms with Crippen LogP contribution in [0.2, 0.25) is 0 Å². The van der Waals surface area contributed by atoms with Crippen molar-refractivity contribution in [1.82, 2.24) is 5.32 Å². The third-order valence-corrected chi connectivity index (χ3v) is 3.63. The Hall–Kier alpha value is -0.410. The summed E-state index contributed by atoms with van der Waals surface area (Å²) in [5, 5.41) is 3.41. The topological polar surface area (TPSA) is 12.0 Å². The molecule has 0 aliphatic heterocycles. The van der Waals surface area contributed by atoms with Gasteiger partial charge in [0.05, 0.1) is 0 Å². The van der Waals surface area contributed by atoms with Crippen molar-refractivity contribution in [3.8, 4) is 0 Å². The number of hydrogen-bond donors (Lipinski definition) is 1. The fourth-order valence-corrected chi connectivity index (χ4v) is 2.69. The monoisotopic (exact) mass is 301 g/mol. The molecular weight excluding hydrogens is 281 g/mol. The summed E-state index contributed by atoms with van der Waals surface area (Å²) >= 11 is 3.42. The molecule has 0 saturated carbocycles. The van der Waals surface area contributed by atoms with E-state index in [-0.39, 0.29) is 5.82 Å². The average Bonchev–Trinajstić information content (AvgIpc) is 2.22. The van der Waals surface area contributed by atoms with Gasteiger partial charge in [-0.25, -0.2) is 4.39 Å². The molecule has 0 saturated heterocycles. The van der Waals surface area contributed by atoms with Gasteiger partial charge in [0.1, 0.15) is 5.82 Å². The molecule has 2 unspecified atom stereocenters. The summed E-state index contributed by atoms with van der Waals surface area (Å²) in [7, 11) is 0. The number of benzene rings is 1. The summed E-state index contributed by atoms with van der Waals surface area (Å²) in [6.07, 6.45) is 2.12. The smallest absolute Gasteiger partial charge is 0.124 e. The molecule has 1 rings (SSSR count). The second kappa shape index (κ2) is 7.12. The third kappa shape index (κ3) is 5.17.